The summed E-state index contributed by atoms with van der Waals surface area (Å²) in [4.78, 5) is 33.4. The fraction of sp³-hybridized carbons (Fsp3) is 0.211. The van der Waals surface area contributed by atoms with Crippen molar-refractivity contribution in [3.8, 4) is 0 Å². The first-order chi connectivity index (χ1) is 12.1. The molecular weight excluding hydrogens is 334 g/mol. The molecule has 0 bridgehead atoms. The van der Waals surface area contributed by atoms with E-state index in [1.807, 2.05) is 43.3 Å². The predicted molar refractivity (Wildman–Crippen MR) is 101 cm³/mol. The number of H-pyrrole nitrogens is 1. The lowest BCUT2D eigenvalue weighted by atomic mass is 10.1. The number of benzene rings is 2. The van der Waals surface area contributed by atoms with Crippen molar-refractivity contribution in [1.29, 1.82) is 0 Å². The fourth-order valence-corrected chi connectivity index (χ4v) is 3.33. The molecule has 1 N–H and O–H groups in total. The summed E-state index contributed by atoms with van der Waals surface area (Å²) in [5.41, 5.74) is 1.53. The zero-order chi connectivity index (χ0) is 17.8. The Bertz CT molecular complexity index is 940. The van der Waals surface area contributed by atoms with Gasteiger partial charge in [-0.1, -0.05) is 54.2 Å². The van der Waals surface area contributed by atoms with Gasteiger partial charge in [0.2, 0.25) is 5.91 Å². The number of thioether (sulfide) groups is 1. The maximum absolute atomic E-state index is 12.5. The van der Waals surface area contributed by atoms with E-state index in [4.69, 9.17) is 0 Å². The molecule has 128 valence electrons. The van der Waals surface area contributed by atoms with E-state index in [9.17, 15) is 9.59 Å². The van der Waals surface area contributed by atoms with Crippen LogP contribution in [0.2, 0.25) is 0 Å². The highest BCUT2D eigenvalue weighted by Crippen LogP contribution is 2.21. The van der Waals surface area contributed by atoms with E-state index < -0.39 is 0 Å². The van der Waals surface area contributed by atoms with Gasteiger partial charge in [-0.25, -0.2) is 4.98 Å². The first-order valence-electron chi connectivity index (χ1n) is 7.98. The third-order valence-corrected chi connectivity index (χ3v) is 5.04. The zero-order valence-corrected chi connectivity index (χ0v) is 14.9. The second-order valence-electron chi connectivity index (χ2n) is 5.77. The number of nitrogens with one attached hydrogen (secondary N) is 1. The minimum absolute atomic E-state index is 0.0158. The van der Waals surface area contributed by atoms with Crippen LogP contribution in [0, 0.1) is 0 Å². The Morgan fingerprint density at radius 2 is 1.84 bits per heavy atom. The number of hydrogen-bond donors (Lipinski definition) is 1. The Balaban J connectivity index is 1.69. The Hall–Kier alpha value is -2.60. The SMILES string of the molecule is CC(c1ccccc1)N(C)C(=O)CSc1nc2ccccc2c(=O)[nH]1. The van der Waals surface area contributed by atoms with Gasteiger partial charge < -0.3 is 9.88 Å². The number of rotatable bonds is 5. The van der Waals surface area contributed by atoms with Gasteiger partial charge in [0.25, 0.3) is 5.56 Å². The lowest BCUT2D eigenvalue weighted by Crippen LogP contribution is -2.31. The van der Waals surface area contributed by atoms with Crippen molar-refractivity contribution >= 4 is 28.6 Å². The first-order valence-corrected chi connectivity index (χ1v) is 8.97. The average Bonchev–Trinajstić information content (AvgIpc) is 2.65. The molecule has 1 amide bonds. The second kappa shape index (κ2) is 7.53. The number of carbonyl (C=O) groups is 1. The average molecular weight is 353 g/mol. The molecule has 6 heteroatoms. The zero-order valence-electron chi connectivity index (χ0n) is 14.1. The Morgan fingerprint density at radius 3 is 2.60 bits per heavy atom. The number of carbonyl (C=O) groups excluding carboxylic acids is 1. The summed E-state index contributed by atoms with van der Waals surface area (Å²) < 4.78 is 0. The van der Waals surface area contributed by atoms with Crippen molar-refractivity contribution in [3.63, 3.8) is 0 Å². The van der Waals surface area contributed by atoms with Crippen molar-refractivity contribution in [1.82, 2.24) is 14.9 Å². The van der Waals surface area contributed by atoms with Crippen LogP contribution in [0.15, 0.2) is 64.5 Å². The van der Waals surface area contributed by atoms with Crippen molar-refractivity contribution < 1.29 is 4.79 Å². The smallest absolute Gasteiger partial charge is 0.259 e. The van der Waals surface area contributed by atoms with E-state index in [1.165, 1.54) is 11.8 Å². The van der Waals surface area contributed by atoms with Gasteiger partial charge in [-0.2, -0.15) is 0 Å². The van der Waals surface area contributed by atoms with Crippen LogP contribution in [0.1, 0.15) is 18.5 Å². The number of aromatic nitrogens is 2. The summed E-state index contributed by atoms with van der Waals surface area (Å²) in [6.45, 7) is 1.99. The molecule has 1 aromatic heterocycles. The molecule has 0 spiro atoms. The molecule has 0 fully saturated rings. The Kier molecular flexibility index (Phi) is 5.19. The summed E-state index contributed by atoms with van der Waals surface area (Å²) in [5, 5.41) is 1.01. The maximum atomic E-state index is 12.5. The molecule has 25 heavy (non-hydrogen) atoms. The summed E-state index contributed by atoms with van der Waals surface area (Å²) >= 11 is 1.24. The minimum atomic E-state index is -0.188. The van der Waals surface area contributed by atoms with Gasteiger partial charge in [-0.05, 0) is 24.6 Å². The normalized spacial score (nSPS) is 12.1. The molecule has 0 saturated carbocycles. The minimum Gasteiger partial charge on any atom is -0.338 e. The third-order valence-electron chi connectivity index (χ3n) is 4.18. The molecule has 0 saturated heterocycles. The summed E-state index contributed by atoms with van der Waals surface area (Å²) in [5.74, 6) is 0.201. The van der Waals surface area contributed by atoms with Crippen LogP contribution < -0.4 is 5.56 Å². The molecule has 1 unspecified atom stereocenters. The second-order valence-corrected chi connectivity index (χ2v) is 6.73. The highest BCUT2D eigenvalue weighted by Gasteiger charge is 2.17. The van der Waals surface area contributed by atoms with E-state index in [0.29, 0.717) is 16.1 Å². The highest BCUT2D eigenvalue weighted by atomic mass is 32.2. The van der Waals surface area contributed by atoms with E-state index in [1.54, 1.807) is 30.1 Å². The fourth-order valence-electron chi connectivity index (χ4n) is 2.54. The monoisotopic (exact) mass is 353 g/mol. The number of fused-ring (bicyclic) bond motifs is 1. The quantitative estimate of drug-likeness (QED) is 0.565. The number of amides is 1. The van der Waals surface area contributed by atoms with E-state index >= 15 is 0 Å². The van der Waals surface area contributed by atoms with E-state index in [2.05, 4.69) is 9.97 Å². The Morgan fingerprint density at radius 1 is 1.16 bits per heavy atom. The van der Waals surface area contributed by atoms with E-state index in [-0.39, 0.29) is 23.3 Å². The van der Waals surface area contributed by atoms with Gasteiger partial charge in [0.1, 0.15) is 0 Å². The van der Waals surface area contributed by atoms with Gasteiger partial charge >= 0.3 is 0 Å². The van der Waals surface area contributed by atoms with Crippen molar-refractivity contribution in [2.45, 2.75) is 18.1 Å². The van der Waals surface area contributed by atoms with Crippen LogP contribution in [0.4, 0.5) is 0 Å². The summed E-state index contributed by atoms with van der Waals surface area (Å²) in [6.07, 6.45) is 0. The third kappa shape index (κ3) is 3.91. The van der Waals surface area contributed by atoms with Crippen LogP contribution in [-0.2, 0) is 4.79 Å². The topological polar surface area (TPSA) is 66.1 Å². The van der Waals surface area contributed by atoms with Gasteiger partial charge in [0, 0.05) is 7.05 Å². The number of para-hydroxylation sites is 1. The molecular formula is C19H19N3O2S. The predicted octanol–water partition coefficient (Wildman–Crippen LogP) is 3.23. The van der Waals surface area contributed by atoms with Crippen LogP contribution >= 0.6 is 11.8 Å². The molecule has 0 aliphatic rings. The molecule has 2 aromatic carbocycles. The number of aromatic amines is 1. The van der Waals surface area contributed by atoms with Gasteiger partial charge in [0.15, 0.2) is 5.16 Å². The van der Waals surface area contributed by atoms with Gasteiger partial charge in [-0.15, -0.1) is 0 Å². The van der Waals surface area contributed by atoms with Crippen molar-refractivity contribution in [2.24, 2.45) is 0 Å². The van der Waals surface area contributed by atoms with Gasteiger partial charge in [-0.3, -0.25) is 9.59 Å². The van der Waals surface area contributed by atoms with Crippen LogP contribution in [0.5, 0.6) is 0 Å². The van der Waals surface area contributed by atoms with E-state index in [0.717, 1.165) is 5.56 Å². The lowest BCUT2D eigenvalue weighted by Gasteiger charge is -2.25. The van der Waals surface area contributed by atoms with Crippen molar-refractivity contribution in [2.75, 3.05) is 12.8 Å². The molecule has 5 nitrogen and oxygen atoms in total. The lowest BCUT2D eigenvalue weighted by molar-refractivity contribution is -0.128. The number of nitrogens with zero attached hydrogens (tertiary/aromatic N) is 2. The largest absolute Gasteiger partial charge is 0.338 e. The molecule has 1 heterocycles. The highest BCUT2D eigenvalue weighted by molar-refractivity contribution is 7.99. The van der Waals surface area contributed by atoms with Crippen LogP contribution in [0.25, 0.3) is 10.9 Å². The van der Waals surface area contributed by atoms with Gasteiger partial charge in [0.05, 0.1) is 22.7 Å². The standard InChI is InChI=1S/C19H19N3O2S/c1-13(14-8-4-3-5-9-14)22(2)17(23)12-25-19-20-16-11-7-6-10-15(16)18(24)21-19/h3-11,13H,12H2,1-2H3,(H,20,21,24). The molecule has 0 aliphatic carbocycles. The Labute approximate surface area is 150 Å². The van der Waals surface area contributed by atoms with Crippen LogP contribution in [0.3, 0.4) is 0 Å². The summed E-state index contributed by atoms with van der Waals surface area (Å²) in [6, 6.07) is 17.0. The molecule has 1 atom stereocenters. The molecule has 0 aliphatic heterocycles. The number of hydrogen-bond acceptors (Lipinski definition) is 4. The van der Waals surface area contributed by atoms with Crippen LogP contribution in [-0.4, -0.2) is 33.6 Å². The molecule has 3 aromatic rings. The summed E-state index contributed by atoms with van der Waals surface area (Å²) in [7, 11) is 1.79. The molecule has 0 radical (unpaired) electrons. The first kappa shape index (κ1) is 17.2. The molecule has 3 rings (SSSR count). The van der Waals surface area contributed by atoms with Crippen molar-refractivity contribution in [3.05, 3.63) is 70.5 Å². The maximum Gasteiger partial charge on any atom is 0.259 e.